The Hall–Kier alpha value is -1.69. The summed E-state index contributed by atoms with van der Waals surface area (Å²) in [6, 6.07) is 17.8. The fourth-order valence-electron chi connectivity index (χ4n) is 3.64. The van der Waals surface area contributed by atoms with Crippen molar-refractivity contribution in [2.45, 2.75) is 50.5 Å². The minimum atomic E-state index is -3.45. The van der Waals surface area contributed by atoms with E-state index in [4.69, 9.17) is 0 Å². The molecule has 1 saturated heterocycles. The second kappa shape index (κ2) is 8.76. The summed E-state index contributed by atoms with van der Waals surface area (Å²) in [5.74, 6) is 0.399. The number of rotatable bonds is 6. The highest BCUT2D eigenvalue weighted by Gasteiger charge is 2.22. The van der Waals surface area contributed by atoms with Gasteiger partial charge in [0.1, 0.15) is 0 Å². The van der Waals surface area contributed by atoms with Gasteiger partial charge in [-0.25, -0.2) is 13.1 Å². The largest absolute Gasteiger partial charge is 0.299 e. The molecule has 0 saturated carbocycles. The normalized spacial score (nSPS) is 17.0. The summed E-state index contributed by atoms with van der Waals surface area (Å²) in [7, 11) is -3.45. The van der Waals surface area contributed by atoms with Gasteiger partial charge in [0.15, 0.2) is 0 Å². The van der Waals surface area contributed by atoms with Gasteiger partial charge in [-0.2, -0.15) is 0 Å². The zero-order chi connectivity index (χ0) is 20.2. The Balaban J connectivity index is 1.49. The van der Waals surface area contributed by atoms with Crippen LogP contribution in [0.1, 0.15) is 44.7 Å². The van der Waals surface area contributed by atoms with Gasteiger partial charge >= 0.3 is 0 Å². The molecule has 0 atom stereocenters. The van der Waals surface area contributed by atoms with Crippen LogP contribution in [-0.2, 0) is 22.0 Å². The minimum absolute atomic E-state index is 0.0173. The van der Waals surface area contributed by atoms with Crippen molar-refractivity contribution >= 4 is 10.0 Å². The first-order chi connectivity index (χ1) is 13.2. The molecule has 0 amide bonds. The van der Waals surface area contributed by atoms with Crippen LogP contribution < -0.4 is 4.72 Å². The molecule has 28 heavy (non-hydrogen) atoms. The summed E-state index contributed by atoms with van der Waals surface area (Å²) < 4.78 is 28.1. The molecule has 1 heterocycles. The third-order valence-corrected chi connectivity index (χ3v) is 6.99. The molecule has 1 aliphatic rings. The minimum Gasteiger partial charge on any atom is -0.299 e. The van der Waals surface area contributed by atoms with Crippen LogP contribution in [0.4, 0.5) is 0 Å². The Kier molecular flexibility index (Phi) is 6.58. The SMILES string of the molecule is CC(C)(C)c1ccc(S(=O)(=O)NCC2CCN(Cc3ccccc3)CC2)cc1. The van der Waals surface area contributed by atoms with E-state index in [1.54, 1.807) is 12.1 Å². The first kappa shape index (κ1) is 21.0. The number of likely N-dealkylation sites (tertiary alicyclic amines) is 1. The van der Waals surface area contributed by atoms with Crippen LogP contribution in [0.3, 0.4) is 0 Å². The highest BCUT2D eigenvalue weighted by molar-refractivity contribution is 7.89. The Morgan fingerprint density at radius 3 is 2.14 bits per heavy atom. The third kappa shape index (κ3) is 5.66. The van der Waals surface area contributed by atoms with E-state index >= 15 is 0 Å². The lowest BCUT2D eigenvalue weighted by molar-refractivity contribution is 0.178. The van der Waals surface area contributed by atoms with Crippen molar-refractivity contribution in [3.05, 3.63) is 65.7 Å². The lowest BCUT2D eigenvalue weighted by Gasteiger charge is -2.32. The summed E-state index contributed by atoms with van der Waals surface area (Å²) >= 11 is 0. The van der Waals surface area contributed by atoms with E-state index in [0.29, 0.717) is 17.4 Å². The van der Waals surface area contributed by atoms with Crippen LogP contribution in [0.25, 0.3) is 0 Å². The Morgan fingerprint density at radius 1 is 0.964 bits per heavy atom. The number of hydrogen-bond acceptors (Lipinski definition) is 3. The molecule has 5 heteroatoms. The van der Waals surface area contributed by atoms with Gasteiger partial charge in [-0.1, -0.05) is 63.2 Å². The van der Waals surface area contributed by atoms with Crippen molar-refractivity contribution in [1.82, 2.24) is 9.62 Å². The van der Waals surface area contributed by atoms with E-state index in [0.717, 1.165) is 38.0 Å². The summed E-state index contributed by atoms with van der Waals surface area (Å²) in [6.45, 7) is 9.89. The molecule has 0 spiro atoms. The van der Waals surface area contributed by atoms with Gasteiger partial charge in [0, 0.05) is 13.1 Å². The number of piperidine rings is 1. The van der Waals surface area contributed by atoms with Gasteiger partial charge in [-0.05, 0) is 60.5 Å². The molecule has 0 aliphatic carbocycles. The fourth-order valence-corrected chi connectivity index (χ4v) is 4.75. The molecule has 1 fully saturated rings. The maximum Gasteiger partial charge on any atom is 0.240 e. The zero-order valence-corrected chi connectivity index (χ0v) is 18.0. The van der Waals surface area contributed by atoms with Crippen LogP contribution in [0, 0.1) is 5.92 Å². The van der Waals surface area contributed by atoms with Crippen LogP contribution in [0.2, 0.25) is 0 Å². The summed E-state index contributed by atoms with van der Waals surface area (Å²) in [5, 5.41) is 0. The molecule has 3 rings (SSSR count). The van der Waals surface area contributed by atoms with E-state index in [1.807, 2.05) is 18.2 Å². The standard InChI is InChI=1S/C23H32N2O2S/c1-23(2,3)21-9-11-22(12-10-21)28(26,27)24-17-19-13-15-25(16-14-19)18-20-7-5-4-6-8-20/h4-12,19,24H,13-18H2,1-3H3. The highest BCUT2D eigenvalue weighted by Crippen LogP contribution is 2.24. The van der Waals surface area contributed by atoms with E-state index < -0.39 is 10.0 Å². The van der Waals surface area contributed by atoms with Crippen LogP contribution in [0.15, 0.2) is 59.5 Å². The lowest BCUT2D eigenvalue weighted by atomic mass is 9.87. The van der Waals surface area contributed by atoms with Crippen molar-refractivity contribution in [1.29, 1.82) is 0 Å². The fraction of sp³-hybridized carbons (Fsp3) is 0.478. The average Bonchev–Trinajstić information content (AvgIpc) is 2.68. The van der Waals surface area contributed by atoms with E-state index in [1.165, 1.54) is 5.56 Å². The van der Waals surface area contributed by atoms with Gasteiger partial charge in [0.25, 0.3) is 0 Å². The second-order valence-electron chi connectivity index (χ2n) is 8.83. The summed E-state index contributed by atoms with van der Waals surface area (Å²) in [5.41, 5.74) is 2.49. The van der Waals surface area contributed by atoms with Crippen LogP contribution in [-0.4, -0.2) is 33.0 Å². The molecule has 0 bridgehead atoms. The van der Waals surface area contributed by atoms with Gasteiger partial charge in [-0.15, -0.1) is 0 Å². The molecule has 1 N–H and O–H groups in total. The summed E-state index contributed by atoms with van der Waals surface area (Å²) in [6.07, 6.45) is 2.05. The van der Waals surface area contributed by atoms with E-state index in [2.05, 4.69) is 54.7 Å². The topological polar surface area (TPSA) is 49.4 Å². The van der Waals surface area contributed by atoms with Gasteiger partial charge in [0.2, 0.25) is 10.0 Å². The molecule has 0 unspecified atom stereocenters. The number of hydrogen-bond donors (Lipinski definition) is 1. The number of nitrogens with zero attached hydrogens (tertiary/aromatic N) is 1. The number of nitrogens with one attached hydrogen (secondary N) is 1. The maximum atomic E-state index is 12.6. The highest BCUT2D eigenvalue weighted by atomic mass is 32.2. The average molecular weight is 401 g/mol. The Labute approximate surface area is 170 Å². The molecule has 1 aliphatic heterocycles. The molecular formula is C23H32N2O2S. The summed E-state index contributed by atoms with van der Waals surface area (Å²) in [4.78, 5) is 2.80. The van der Waals surface area contributed by atoms with Crippen LogP contribution >= 0.6 is 0 Å². The van der Waals surface area contributed by atoms with Gasteiger partial charge in [0.05, 0.1) is 4.90 Å². The smallest absolute Gasteiger partial charge is 0.240 e. The van der Waals surface area contributed by atoms with Crippen molar-refractivity contribution < 1.29 is 8.42 Å². The second-order valence-corrected chi connectivity index (χ2v) is 10.6. The molecular weight excluding hydrogens is 368 g/mol. The predicted molar refractivity (Wildman–Crippen MR) is 115 cm³/mol. The van der Waals surface area contributed by atoms with Crippen molar-refractivity contribution in [3.8, 4) is 0 Å². The third-order valence-electron chi connectivity index (χ3n) is 5.55. The first-order valence-corrected chi connectivity index (χ1v) is 11.6. The number of benzene rings is 2. The number of sulfonamides is 1. The van der Waals surface area contributed by atoms with Gasteiger partial charge < -0.3 is 0 Å². The zero-order valence-electron chi connectivity index (χ0n) is 17.2. The monoisotopic (exact) mass is 400 g/mol. The molecule has 2 aromatic rings. The van der Waals surface area contributed by atoms with Crippen molar-refractivity contribution in [3.63, 3.8) is 0 Å². The molecule has 0 aromatic heterocycles. The maximum absolute atomic E-state index is 12.6. The molecule has 0 radical (unpaired) electrons. The molecule has 2 aromatic carbocycles. The van der Waals surface area contributed by atoms with Gasteiger partial charge in [-0.3, -0.25) is 4.90 Å². The van der Waals surface area contributed by atoms with Crippen molar-refractivity contribution in [2.75, 3.05) is 19.6 Å². The predicted octanol–water partition coefficient (Wildman–Crippen LogP) is 4.17. The Bertz CT molecular complexity index is 848. The van der Waals surface area contributed by atoms with E-state index in [9.17, 15) is 8.42 Å². The molecule has 152 valence electrons. The Morgan fingerprint density at radius 2 is 1.57 bits per heavy atom. The van der Waals surface area contributed by atoms with Crippen LogP contribution in [0.5, 0.6) is 0 Å². The van der Waals surface area contributed by atoms with E-state index in [-0.39, 0.29) is 5.41 Å². The lowest BCUT2D eigenvalue weighted by Crippen LogP contribution is -2.38. The molecule has 4 nitrogen and oxygen atoms in total. The quantitative estimate of drug-likeness (QED) is 0.792. The van der Waals surface area contributed by atoms with Crippen molar-refractivity contribution in [2.24, 2.45) is 5.92 Å². The first-order valence-electron chi connectivity index (χ1n) is 10.1.